The summed E-state index contributed by atoms with van der Waals surface area (Å²) in [5.74, 6) is 0.0563. The SMILES string of the molecule is CC(C)(CO)NCc1ccc2c(c1)CC(=O)N2. The van der Waals surface area contributed by atoms with Crippen LogP contribution in [0.3, 0.4) is 0 Å². The zero-order valence-corrected chi connectivity index (χ0v) is 10.2. The Hall–Kier alpha value is -1.39. The predicted octanol–water partition coefficient (Wildman–Crippen LogP) is 1.04. The zero-order chi connectivity index (χ0) is 12.5. The third-order valence-corrected chi connectivity index (χ3v) is 2.96. The van der Waals surface area contributed by atoms with Crippen LogP contribution in [-0.2, 0) is 17.8 Å². The van der Waals surface area contributed by atoms with Crippen molar-refractivity contribution in [1.82, 2.24) is 5.32 Å². The van der Waals surface area contributed by atoms with Crippen LogP contribution >= 0.6 is 0 Å². The van der Waals surface area contributed by atoms with Crippen molar-refractivity contribution in [3.8, 4) is 0 Å². The highest BCUT2D eigenvalue weighted by Crippen LogP contribution is 2.23. The molecule has 1 amide bonds. The first-order chi connectivity index (χ1) is 8.00. The van der Waals surface area contributed by atoms with E-state index in [1.54, 1.807) is 0 Å². The first-order valence-electron chi connectivity index (χ1n) is 5.78. The topological polar surface area (TPSA) is 61.4 Å². The number of aliphatic hydroxyl groups is 1. The van der Waals surface area contributed by atoms with Crippen molar-refractivity contribution in [1.29, 1.82) is 0 Å². The molecule has 4 nitrogen and oxygen atoms in total. The molecule has 0 spiro atoms. The minimum absolute atomic E-state index is 0.0563. The van der Waals surface area contributed by atoms with Crippen molar-refractivity contribution in [3.05, 3.63) is 29.3 Å². The van der Waals surface area contributed by atoms with Crippen LogP contribution in [0.2, 0.25) is 0 Å². The number of rotatable bonds is 4. The molecule has 0 aliphatic carbocycles. The molecule has 0 saturated heterocycles. The van der Waals surface area contributed by atoms with Gasteiger partial charge in [-0.2, -0.15) is 0 Å². The number of hydrogen-bond acceptors (Lipinski definition) is 3. The second-order valence-electron chi connectivity index (χ2n) is 5.11. The molecule has 4 heteroatoms. The summed E-state index contributed by atoms with van der Waals surface area (Å²) in [6, 6.07) is 5.96. The number of carbonyl (C=O) groups is 1. The van der Waals surface area contributed by atoms with Gasteiger partial charge in [-0.3, -0.25) is 4.79 Å². The maximum atomic E-state index is 11.2. The minimum Gasteiger partial charge on any atom is -0.394 e. The monoisotopic (exact) mass is 234 g/mol. The van der Waals surface area contributed by atoms with Gasteiger partial charge < -0.3 is 15.7 Å². The summed E-state index contributed by atoms with van der Waals surface area (Å²) in [5.41, 5.74) is 2.81. The van der Waals surface area contributed by atoms with Gasteiger partial charge in [0.15, 0.2) is 0 Å². The van der Waals surface area contributed by atoms with Crippen molar-refractivity contribution >= 4 is 11.6 Å². The number of carbonyl (C=O) groups excluding carboxylic acids is 1. The van der Waals surface area contributed by atoms with Crippen LogP contribution < -0.4 is 10.6 Å². The molecule has 0 unspecified atom stereocenters. The molecule has 1 heterocycles. The van der Waals surface area contributed by atoms with Gasteiger partial charge in [0.05, 0.1) is 13.0 Å². The Kier molecular flexibility index (Phi) is 3.17. The molecule has 0 atom stereocenters. The van der Waals surface area contributed by atoms with Crippen molar-refractivity contribution in [3.63, 3.8) is 0 Å². The Morgan fingerprint density at radius 2 is 2.24 bits per heavy atom. The smallest absolute Gasteiger partial charge is 0.228 e. The summed E-state index contributed by atoms with van der Waals surface area (Å²) in [4.78, 5) is 11.2. The van der Waals surface area contributed by atoms with Crippen molar-refractivity contribution < 1.29 is 9.90 Å². The largest absolute Gasteiger partial charge is 0.394 e. The average molecular weight is 234 g/mol. The van der Waals surface area contributed by atoms with E-state index in [2.05, 4.69) is 10.6 Å². The molecule has 92 valence electrons. The highest BCUT2D eigenvalue weighted by Gasteiger charge is 2.18. The zero-order valence-electron chi connectivity index (χ0n) is 10.2. The first kappa shape index (κ1) is 12.1. The molecular weight excluding hydrogens is 216 g/mol. The number of anilines is 1. The van der Waals surface area contributed by atoms with Gasteiger partial charge in [0, 0.05) is 17.8 Å². The second kappa shape index (κ2) is 4.47. The number of amides is 1. The van der Waals surface area contributed by atoms with Crippen molar-refractivity contribution in [2.24, 2.45) is 0 Å². The fourth-order valence-corrected chi connectivity index (χ4v) is 1.79. The average Bonchev–Trinajstić information content (AvgIpc) is 2.66. The summed E-state index contributed by atoms with van der Waals surface area (Å²) in [6.07, 6.45) is 0.465. The number of hydrogen-bond donors (Lipinski definition) is 3. The molecule has 1 aliphatic heterocycles. The Bertz CT molecular complexity index is 441. The summed E-state index contributed by atoms with van der Waals surface area (Å²) in [7, 11) is 0. The van der Waals surface area contributed by atoms with E-state index in [9.17, 15) is 4.79 Å². The normalized spacial score (nSPS) is 14.6. The Balaban J connectivity index is 2.04. The Labute approximate surface area is 101 Å². The van der Waals surface area contributed by atoms with Gasteiger partial charge in [-0.15, -0.1) is 0 Å². The maximum absolute atomic E-state index is 11.2. The highest BCUT2D eigenvalue weighted by atomic mass is 16.3. The molecule has 1 aromatic rings. The van der Waals surface area contributed by atoms with Crippen LogP contribution in [0.5, 0.6) is 0 Å². The number of nitrogens with one attached hydrogen (secondary N) is 2. The Morgan fingerprint density at radius 3 is 2.94 bits per heavy atom. The number of aliphatic hydroxyl groups excluding tert-OH is 1. The third-order valence-electron chi connectivity index (χ3n) is 2.96. The van der Waals surface area contributed by atoms with E-state index in [0.717, 1.165) is 16.8 Å². The van der Waals surface area contributed by atoms with Gasteiger partial charge in [0.25, 0.3) is 0 Å². The lowest BCUT2D eigenvalue weighted by atomic mass is 10.0. The fourth-order valence-electron chi connectivity index (χ4n) is 1.79. The molecule has 0 radical (unpaired) electrons. The lowest BCUT2D eigenvalue weighted by Gasteiger charge is -2.23. The molecule has 17 heavy (non-hydrogen) atoms. The highest BCUT2D eigenvalue weighted by molar-refractivity contribution is 5.99. The van der Waals surface area contributed by atoms with Gasteiger partial charge in [-0.1, -0.05) is 12.1 Å². The summed E-state index contributed by atoms with van der Waals surface area (Å²) in [5, 5.41) is 15.2. The van der Waals surface area contributed by atoms with E-state index >= 15 is 0 Å². The van der Waals surface area contributed by atoms with E-state index in [4.69, 9.17) is 5.11 Å². The molecular formula is C13H18N2O2. The molecule has 0 aromatic heterocycles. The molecule has 0 bridgehead atoms. The lowest BCUT2D eigenvalue weighted by molar-refractivity contribution is -0.115. The summed E-state index contributed by atoms with van der Waals surface area (Å²) >= 11 is 0. The Morgan fingerprint density at radius 1 is 1.47 bits per heavy atom. The molecule has 2 rings (SSSR count). The van der Waals surface area contributed by atoms with Gasteiger partial charge in [-0.05, 0) is 31.0 Å². The molecule has 0 fully saturated rings. The van der Waals surface area contributed by atoms with E-state index < -0.39 is 0 Å². The fraction of sp³-hybridized carbons (Fsp3) is 0.462. The predicted molar refractivity (Wildman–Crippen MR) is 66.8 cm³/mol. The first-order valence-corrected chi connectivity index (χ1v) is 5.78. The van der Waals surface area contributed by atoms with Gasteiger partial charge in [-0.25, -0.2) is 0 Å². The van der Waals surface area contributed by atoms with Gasteiger partial charge in [0.1, 0.15) is 0 Å². The van der Waals surface area contributed by atoms with Crippen LogP contribution in [0, 0.1) is 0 Å². The molecule has 0 saturated carbocycles. The van der Waals surface area contributed by atoms with Crippen LogP contribution in [-0.4, -0.2) is 23.2 Å². The van der Waals surface area contributed by atoms with Gasteiger partial charge >= 0.3 is 0 Å². The van der Waals surface area contributed by atoms with Gasteiger partial charge in [0.2, 0.25) is 5.91 Å². The molecule has 1 aliphatic rings. The molecule has 1 aromatic carbocycles. The summed E-state index contributed by atoms with van der Waals surface area (Å²) < 4.78 is 0. The minimum atomic E-state index is -0.285. The maximum Gasteiger partial charge on any atom is 0.228 e. The number of fused-ring (bicyclic) bond motifs is 1. The third kappa shape index (κ3) is 2.84. The van der Waals surface area contributed by atoms with Crippen molar-refractivity contribution in [2.75, 3.05) is 11.9 Å². The van der Waals surface area contributed by atoms with Crippen molar-refractivity contribution in [2.45, 2.75) is 32.4 Å². The lowest BCUT2D eigenvalue weighted by Crippen LogP contribution is -2.42. The van der Waals surface area contributed by atoms with E-state index in [-0.39, 0.29) is 18.1 Å². The van der Waals surface area contributed by atoms with Crippen LogP contribution in [0.1, 0.15) is 25.0 Å². The van der Waals surface area contributed by atoms with E-state index in [1.807, 2.05) is 32.0 Å². The second-order valence-corrected chi connectivity index (χ2v) is 5.11. The quantitative estimate of drug-likeness (QED) is 0.729. The van der Waals surface area contributed by atoms with Crippen LogP contribution in [0.4, 0.5) is 5.69 Å². The van der Waals surface area contributed by atoms with Crippen LogP contribution in [0.25, 0.3) is 0 Å². The summed E-state index contributed by atoms with van der Waals surface area (Å²) in [6.45, 7) is 4.68. The standard InChI is InChI=1S/C13H18N2O2/c1-13(2,8-16)14-7-9-3-4-11-10(5-9)6-12(17)15-11/h3-5,14,16H,6-8H2,1-2H3,(H,15,17). The number of benzene rings is 1. The van der Waals surface area contributed by atoms with E-state index in [1.165, 1.54) is 0 Å². The molecule has 3 N–H and O–H groups in total. The van der Waals surface area contributed by atoms with E-state index in [0.29, 0.717) is 13.0 Å². The van der Waals surface area contributed by atoms with Crippen LogP contribution in [0.15, 0.2) is 18.2 Å².